The predicted molar refractivity (Wildman–Crippen MR) is 112 cm³/mol. The van der Waals surface area contributed by atoms with Crippen molar-refractivity contribution in [3.05, 3.63) is 23.3 Å². The summed E-state index contributed by atoms with van der Waals surface area (Å²) in [7, 11) is 0. The van der Waals surface area contributed by atoms with E-state index in [-0.39, 0.29) is 35.2 Å². The third kappa shape index (κ3) is 3.18. The molecule has 0 aromatic carbocycles. The van der Waals surface area contributed by atoms with Gasteiger partial charge in [-0.2, -0.15) is 0 Å². The molecular weight excluding hydrogens is 364 g/mol. The molecule has 1 aliphatic heterocycles. The molecule has 4 nitrogen and oxygen atoms in total. The average molecular weight is 401 g/mol. The minimum absolute atomic E-state index is 0.00341. The molecule has 160 valence electrons. The normalized spacial score (nSPS) is 51.0. The maximum absolute atomic E-state index is 12.7. The zero-order valence-corrected chi connectivity index (χ0v) is 18.5. The standard InChI is InChI=1S/C25H36O4/c1-15(2)10-18-11-16(3)25(29-18)9-8-23(4)12-19-22(20(27)13-24(19,5)28)17(14-26)6-7-21(23)25/h6,10,14,16,18-19,21-22,28H,7-9,11-13H2,1-5H3/b17-6-/t16-,18+,19-,21+,22+,23-,24+,25-/m0/s1. The Hall–Kier alpha value is -1.26. The van der Waals surface area contributed by atoms with Crippen LogP contribution in [0.1, 0.15) is 73.1 Å². The van der Waals surface area contributed by atoms with Crippen LogP contribution in [-0.2, 0) is 14.3 Å². The third-order valence-electron chi connectivity index (χ3n) is 8.68. The van der Waals surface area contributed by atoms with Crippen LogP contribution in [0.15, 0.2) is 23.3 Å². The van der Waals surface area contributed by atoms with Gasteiger partial charge < -0.3 is 9.84 Å². The maximum atomic E-state index is 12.7. The molecule has 4 rings (SSSR count). The smallest absolute Gasteiger partial charge is 0.146 e. The van der Waals surface area contributed by atoms with Crippen molar-refractivity contribution in [3.8, 4) is 0 Å². The van der Waals surface area contributed by atoms with Gasteiger partial charge >= 0.3 is 0 Å². The number of fused-ring (bicyclic) bond motifs is 3. The van der Waals surface area contributed by atoms with E-state index in [4.69, 9.17) is 4.74 Å². The molecule has 1 spiro atoms. The van der Waals surface area contributed by atoms with E-state index in [1.807, 2.05) is 6.08 Å². The molecule has 4 aliphatic rings. The molecule has 0 aromatic rings. The number of carbonyl (C=O) groups is 2. The van der Waals surface area contributed by atoms with Gasteiger partial charge in [-0.25, -0.2) is 0 Å². The van der Waals surface area contributed by atoms with Crippen molar-refractivity contribution in [2.24, 2.45) is 29.1 Å². The Morgan fingerprint density at radius 3 is 2.66 bits per heavy atom. The van der Waals surface area contributed by atoms with Gasteiger partial charge in [0.2, 0.25) is 0 Å². The lowest BCUT2D eigenvalue weighted by atomic mass is 9.62. The van der Waals surface area contributed by atoms with Crippen LogP contribution in [0, 0.1) is 29.1 Å². The summed E-state index contributed by atoms with van der Waals surface area (Å²) in [4.78, 5) is 24.6. The second-order valence-corrected chi connectivity index (χ2v) is 11.0. The molecule has 1 heterocycles. The molecule has 1 saturated heterocycles. The quantitative estimate of drug-likeness (QED) is 0.551. The van der Waals surface area contributed by atoms with E-state index < -0.39 is 11.5 Å². The summed E-state index contributed by atoms with van der Waals surface area (Å²) >= 11 is 0. The highest BCUT2D eigenvalue weighted by molar-refractivity contribution is 5.94. The second-order valence-electron chi connectivity index (χ2n) is 11.0. The Balaban J connectivity index is 1.74. The molecule has 1 N–H and O–H groups in total. The number of aldehydes is 1. The van der Waals surface area contributed by atoms with E-state index in [9.17, 15) is 14.7 Å². The van der Waals surface area contributed by atoms with E-state index in [0.29, 0.717) is 17.4 Å². The monoisotopic (exact) mass is 400 g/mol. The zero-order valence-electron chi connectivity index (χ0n) is 18.5. The predicted octanol–water partition coefficient (Wildman–Crippen LogP) is 4.41. The van der Waals surface area contributed by atoms with Gasteiger partial charge in [0.1, 0.15) is 12.1 Å². The molecule has 0 amide bonds. The van der Waals surface area contributed by atoms with Crippen LogP contribution in [0.3, 0.4) is 0 Å². The van der Waals surface area contributed by atoms with Crippen molar-refractivity contribution in [1.82, 2.24) is 0 Å². The number of rotatable bonds is 2. The lowest BCUT2D eigenvalue weighted by molar-refractivity contribution is -0.122. The number of hydrogen-bond acceptors (Lipinski definition) is 4. The highest BCUT2D eigenvalue weighted by Gasteiger charge is 2.63. The number of allylic oxidation sites excluding steroid dienone is 3. The Labute approximate surface area is 174 Å². The van der Waals surface area contributed by atoms with Crippen LogP contribution >= 0.6 is 0 Å². The first-order valence-electron chi connectivity index (χ1n) is 11.3. The molecule has 0 aromatic heterocycles. The van der Waals surface area contributed by atoms with Crippen molar-refractivity contribution in [3.63, 3.8) is 0 Å². The van der Waals surface area contributed by atoms with Gasteiger partial charge in [-0.05, 0) is 75.7 Å². The lowest BCUT2D eigenvalue weighted by Gasteiger charge is -2.45. The Morgan fingerprint density at radius 2 is 2.00 bits per heavy atom. The molecule has 2 saturated carbocycles. The number of hydrogen-bond donors (Lipinski definition) is 1. The number of Topliss-reactive ketones (excluding diaryl/α,β-unsaturated/α-hetero) is 1. The fourth-order valence-electron chi connectivity index (χ4n) is 7.28. The first-order valence-corrected chi connectivity index (χ1v) is 11.3. The van der Waals surface area contributed by atoms with Crippen LogP contribution in [-0.4, -0.2) is 34.5 Å². The van der Waals surface area contributed by atoms with Gasteiger partial charge in [0, 0.05) is 12.3 Å². The number of aliphatic hydroxyl groups is 1. The topological polar surface area (TPSA) is 63.6 Å². The van der Waals surface area contributed by atoms with Crippen molar-refractivity contribution in [2.45, 2.75) is 90.4 Å². The van der Waals surface area contributed by atoms with Gasteiger partial charge in [-0.15, -0.1) is 0 Å². The van der Waals surface area contributed by atoms with Crippen LogP contribution in [0.5, 0.6) is 0 Å². The largest absolute Gasteiger partial charge is 0.389 e. The molecule has 0 unspecified atom stereocenters. The highest BCUT2D eigenvalue weighted by atomic mass is 16.5. The fourth-order valence-corrected chi connectivity index (χ4v) is 7.28. The number of ketones is 1. The van der Waals surface area contributed by atoms with Crippen molar-refractivity contribution in [1.29, 1.82) is 0 Å². The Morgan fingerprint density at radius 1 is 1.28 bits per heavy atom. The van der Waals surface area contributed by atoms with Gasteiger partial charge in [0.15, 0.2) is 0 Å². The van der Waals surface area contributed by atoms with Gasteiger partial charge in [-0.3, -0.25) is 9.59 Å². The Bertz CT molecular complexity index is 774. The van der Waals surface area contributed by atoms with E-state index in [0.717, 1.165) is 38.4 Å². The molecule has 29 heavy (non-hydrogen) atoms. The molecule has 0 bridgehead atoms. The molecular formula is C25H36O4. The summed E-state index contributed by atoms with van der Waals surface area (Å²) in [6.45, 7) is 10.7. The molecule has 3 fully saturated rings. The van der Waals surface area contributed by atoms with Crippen LogP contribution < -0.4 is 0 Å². The maximum Gasteiger partial charge on any atom is 0.146 e. The third-order valence-corrected chi connectivity index (χ3v) is 8.68. The van der Waals surface area contributed by atoms with E-state index in [1.54, 1.807) is 6.92 Å². The van der Waals surface area contributed by atoms with E-state index in [1.165, 1.54) is 5.57 Å². The second kappa shape index (κ2) is 6.88. The SMILES string of the molecule is CC(C)=C[C@@H]1C[C@H](C)[C@]2(CC[C@@]3(C)C[C@H]4[C@H](C(=O)C[C@@]4(C)O)/C(C=O)=C\C[C@H]32)O1. The molecule has 4 heteroatoms. The minimum atomic E-state index is -1.04. The van der Waals surface area contributed by atoms with Crippen LogP contribution in [0.25, 0.3) is 0 Å². The van der Waals surface area contributed by atoms with Crippen LogP contribution in [0.2, 0.25) is 0 Å². The van der Waals surface area contributed by atoms with Gasteiger partial charge in [-0.1, -0.05) is 31.6 Å². The summed E-state index contributed by atoms with van der Waals surface area (Å²) in [6.07, 6.45) is 10.0. The lowest BCUT2D eigenvalue weighted by Crippen LogP contribution is -2.46. The van der Waals surface area contributed by atoms with E-state index in [2.05, 4.69) is 33.8 Å². The average Bonchev–Trinajstić information content (AvgIpc) is 3.12. The first kappa shape index (κ1) is 21.0. The van der Waals surface area contributed by atoms with Crippen molar-refractivity contribution in [2.75, 3.05) is 0 Å². The molecule has 8 atom stereocenters. The minimum Gasteiger partial charge on any atom is -0.389 e. The summed E-state index contributed by atoms with van der Waals surface area (Å²) in [5, 5.41) is 11.1. The van der Waals surface area contributed by atoms with Crippen molar-refractivity contribution < 1.29 is 19.4 Å². The van der Waals surface area contributed by atoms with Crippen molar-refractivity contribution >= 4 is 12.1 Å². The summed E-state index contributed by atoms with van der Waals surface area (Å²) in [5.74, 6) is 0.117. The molecule has 0 radical (unpaired) electrons. The first-order chi connectivity index (χ1) is 13.5. The number of ether oxygens (including phenoxy) is 1. The van der Waals surface area contributed by atoms with Crippen LogP contribution in [0.4, 0.5) is 0 Å². The van der Waals surface area contributed by atoms with E-state index >= 15 is 0 Å². The Kier molecular flexibility index (Phi) is 4.98. The van der Waals surface area contributed by atoms with Gasteiger partial charge in [0.05, 0.1) is 23.2 Å². The summed E-state index contributed by atoms with van der Waals surface area (Å²) < 4.78 is 6.79. The summed E-state index contributed by atoms with van der Waals surface area (Å²) in [6, 6.07) is 0. The zero-order chi connectivity index (χ0) is 21.2. The molecule has 3 aliphatic carbocycles. The number of carbonyl (C=O) groups excluding carboxylic acids is 2. The highest BCUT2D eigenvalue weighted by Crippen LogP contribution is 2.64. The summed E-state index contributed by atoms with van der Waals surface area (Å²) in [5.41, 5.74) is 0.628. The van der Waals surface area contributed by atoms with Gasteiger partial charge in [0.25, 0.3) is 0 Å². The fraction of sp³-hybridized carbons (Fsp3) is 0.760.